The molecule has 0 bridgehead atoms. The molecule has 0 saturated carbocycles. The maximum Gasteiger partial charge on any atom is 0.0589 e. The Labute approximate surface area is 98.8 Å². The highest BCUT2D eigenvalue weighted by molar-refractivity contribution is 4.68. The van der Waals surface area contributed by atoms with Gasteiger partial charge in [-0.3, -0.25) is 4.90 Å². The summed E-state index contributed by atoms with van der Waals surface area (Å²) in [5.74, 6) is 0. The lowest BCUT2D eigenvalue weighted by atomic mass is 10.2. The molecule has 0 aromatic heterocycles. The number of hydrogen-bond donors (Lipinski definition) is 1. The van der Waals surface area contributed by atoms with Crippen molar-refractivity contribution in [1.29, 1.82) is 0 Å². The minimum atomic E-state index is 0.147. The molecular formula is C11H26N2O3. The highest BCUT2D eigenvalue weighted by Crippen LogP contribution is 1.96. The molecule has 0 radical (unpaired) electrons. The second-order valence-corrected chi connectivity index (χ2v) is 3.83. The quantitative estimate of drug-likeness (QED) is 0.543. The van der Waals surface area contributed by atoms with E-state index in [1.165, 1.54) is 0 Å². The fourth-order valence-electron chi connectivity index (χ4n) is 1.43. The highest BCUT2D eigenvalue weighted by atomic mass is 16.5. The van der Waals surface area contributed by atoms with Crippen molar-refractivity contribution in [2.24, 2.45) is 5.73 Å². The van der Waals surface area contributed by atoms with E-state index in [1.54, 1.807) is 21.3 Å². The van der Waals surface area contributed by atoms with E-state index in [1.807, 2.05) is 0 Å². The van der Waals surface area contributed by atoms with Crippen LogP contribution in [0.15, 0.2) is 0 Å². The van der Waals surface area contributed by atoms with Gasteiger partial charge in [-0.25, -0.2) is 0 Å². The van der Waals surface area contributed by atoms with Crippen molar-refractivity contribution in [3.05, 3.63) is 0 Å². The maximum absolute atomic E-state index is 6.00. The smallest absolute Gasteiger partial charge is 0.0589 e. The first-order chi connectivity index (χ1) is 7.74. The van der Waals surface area contributed by atoms with E-state index in [2.05, 4.69) is 4.90 Å². The first-order valence-corrected chi connectivity index (χ1v) is 5.69. The topological polar surface area (TPSA) is 57.0 Å². The van der Waals surface area contributed by atoms with E-state index in [9.17, 15) is 0 Å². The summed E-state index contributed by atoms with van der Waals surface area (Å²) in [5, 5.41) is 0. The van der Waals surface area contributed by atoms with Gasteiger partial charge in [0.05, 0.1) is 13.2 Å². The first-order valence-electron chi connectivity index (χ1n) is 5.69. The Bertz CT molecular complexity index is 139. The number of ether oxygens (including phenoxy) is 3. The predicted octanol–water partition coefficient (Wildman–Crippen LogP) is -0.0550. The van der Waals surface area contributed by atoms with Crippen LogP contribution >= 0.6 is 0 Å². The van der Waals surface area contributed by atoms with E-state index in [4.69, 9.17) is 19.9 Å². The van der Waals surface area contributed by atoms with Gasteiger partial charge in [-0.2, -0.15) is 0 Å². The molecule has 16 heavy (non-hydrogen) atoms. The molecule has 1 unspecified atom stereocenters. The average Bonchev–Trinajstić information content (AvgIpc) is 2.30. The van der Waals surface area contributed by atoms with E-state index in [-0.39, 0.29) is 6.04 Å². The monoisotopic (exact) mass is 234 g/mol. The molecule has 5 nitrogen and oxygen atoms in total. The second kappa shape index (κ2) is 11.3. The van der Waals surface area contributed by atoms with Crippen LogP contribution < -0.4 is 5.73 Å². The molecule has 1 atom stereocenters. The van der Waals surface area contributed by atoms with Crippen molar-refractivity contribution < 1.29 is 14.2 Å². The molecule has 0 heterocycles. The lowest BCUT2D eigenvalue weighted by Gasteiger charge is -2.24. The summed E-state index contributed by atoms with van der Waals surface area (Å²) >= 11 is 0. The van der Waals surface area contributed by atoms with Crippen LogP contribution in [0, 0.1) is 0 Å². The zero-order chi connectivity index (χ0) is 12.2. The Kier molecular flexibility index (Phi) is 11.1. The fourth-order valence-corrected chi connectivity index (χ4v) is 1.43. The van der Waals surface area contributed by atoms with E-state index in [0.717, 1.165) is 39.3 Å². The molecular weight excluding hydrogens is 208 g/mol. The van der Waals surface area contributed by atoms with Gasteiger partial charge in [0.1, 0.15) is 0 Å². The van der Waals surface area contributed by atoms with Gasteiger partial charge in [0, 0.05) is 53.6 Å². The zero-order valence-corrected chi connectivity index (χ0v) is 10.8. The summed E-state index contributed by atoms with van der Waals surface area (Å²) in [6, 6.07) is 0.147. The molecule has 0 aromatic carbocycles. The van der Waals surface area contributed by atoms with Crippen LogP contribution in [0.25, 0.3) is 0 Å². The van der Waals surface area contributed by atoms with Crippen molar-refractivity contribution in [3.63, 3.8) is 0 Å². The first kappa shape index (κ1) is 15.8. The third-order valence-corrected chi connectivity index (χ3v) is 2.41. The molecule has 0 aliphatic carbocycles. The Balaban J connectivity index is 3.78. The SMILES string of the molecule is COCCC(N)CN(CCOC)CCOC. The molecule has 5 heteroatoms. The Morgan fingerprint density at radius 1 is 0.938 bits per heavy atom. The molecule has 0 fully saturated rings. The van der Waals surface area contributed by atoms with Gasteiger partial charge in [0.2, 0.25) is 0 Å². The summed E-state index contributed by atoms with van der Waals surface area (Å²) in [6.45, 7) is 4.79. The van der Waals surface area contributed by atoms with Gasteiger partial charge < -0.3 is 19.9 Å². The van der Waals surface area contributed by atoms with Gasteiger partial charge in [0.25, 0.3) is 0 Å². The molecule has 0 aliphatic rings. The van der Waals surface area contributed by atoms with Gasteiger partial charge in [0.15, 0.2) is 0 Å². The van der Waals surface area contributed by atoms with Crippen LogP contribution in [0.5, 0.6) is 0 Å². The number of rotatable bonds is 11. The highest BCUT2D eigenvalue weighted by Gasteiger charge is 2.10. The molecule has 0 spiro atoms. The van der Waals surface area contributed by atoms with Crippen molar-refractivity contribution >= 4 is 0 Å². The van der Waals surface area contributed by atoms with Gasteiger partial charge in [-0.1, -0.05) is 0 Å². The molecule has 0 aromatic rings. The Hall–Kier alpha value is -0.200. The van der Waals surface area contributed by atoms with Crippen molar-refractivity contribution in [1.82, 2.24) is 4.90 Å². The number of nitrogens with two attached hydrogens (primary N) is 1. The van der Waals surface area contributed by atoms with Gasteiger partial charge in [-0.15, -0.1) is 0 Å². The van der Waals surface area contributed by atoms with Crippen molar-refractivity contribution in [2.75, 3.05) is 60.8 Å². The van der Waals surface area contributed by atoms with Crippen LogP contribution in [-0.4, -0.2) is 71.7 Å². The standard InChI is InChI=1S/C11H26N2O3/c1-14-7-4-11(12)10-13(5-8-15-2)6-9-16-3/h11H,4-10,12H2,1-3H3. The van der Waals surface area contributed by atoms with Crippen molar-refractivity contribution in [2.45, 2.75) is 12.5 Å². The summed E-state index contributed by atoms with van der Waals surface area (Å²) in [7, 11) is 5.11. The van der Waals surface area contributed by atoms with Crippen molar-refractivity contribution in [3.8, 4) is 0 Å². The minimum Gasteiger partial charge on any atom is -0.385 e. The van der Waals surface area contributed by atoms with E-state index < -0.39 is 0 Å². The maximum atomic E-state index is 6.00. The Morgan fingerprint density at radius 2 is 1.44 bits per heavy atom. The molecule has 98 valence electrons. The molecule has 0 saturated heterocycles. The summed E-state index contributed by atoms with van der Waals surface area (Å²) in [4.78, 5) is 2.26. The normalized spacial score (nSPS) is 13.3. The van der Waals surface area contributed by atoms with Crippen LogP contribution in [-0.2, 0) is 14.2 Å². The lowest BCUT2D eigenvalue weighted by Crippen LogP contribution is -2.41. The second-order valence-electron chi connectivity index (χ2n) is 3.83. The third kappa shape index (κ3) is 9.06. The molecule has 0 amide bonds. The average molecular weight is 234 g/mol. The summed E-state index contributed by atoms with van der Waals surface area (Å²) in [6.07, 6.45) is 0.882. The van der Waals surface area contributed by atoms with E-state index in [0.29, 0.717) is 6.61 Å². The van der Waals surface area contributed by atoms with Crippen LogP contribution in [0.2, 0.25) is 0 Å². The molecule has 0 aliphatic heterocycles. The molecule has 2 N–H and O–H groups in total. The van der Waals surface area contributed by atoms with Gasteiger partial charge in [-0.05, 0) is 6.42 Å². The van der Waals surface area contributed by atoms with Crippen LogP contribution in [0.1, 0.15) is 6.42 Å². The largest absolute Gasteiger partial charge is 0.385 e. The number of nitrogens with zero attached hydrogens (tertiary/aromatic N) is 1. The Morgan fingerprint density at radius 3 is 1.88 bits per heavy atom. The number of methoxy groups -OCH3 is 3. The van der Waals surface area contributed by atoms with E-state index >= 15 is 0 Å². The summed E-state index contributed by atoms with van der Waals surface area (Å²) in [5.41, 5.74) is 6.00. The van der Waals surface area contributed by atoms with Crippen LogP contribution in [0.3, 0.4) is 0 Å². The zero-order valence-electron chi connectivity index (χ0n) is 10.8. The van der Waals surface area contributed by atoms with Crippen LogP contribution in [0.4, 0.5) is 0 Å². The third-order valence-electron chi connectivity index (χ3n) is 2.41. The summed E-state index contributed by atoms with van der Waals surface area (Å²) < 4.78 is 15.1. The van der Waals surface area contributed by atoms with Gasteiger partial charge >= 0.3 is 0 Å². The lowest BCUT2D eigenvalue weighted by molar-refractivity contribution is 0.106. The fraction of sp³-hybridized carbons (Fsp3) is 1.00. The molecule has 0 rings (SSSR count). The predicted molar refractivity (Wildman–Crippen MR) is 64.7 cm³/mol. The minimum absolute atomic E-state index is 0.147. The number of hydrogen-bond acceptors (Lipinski definition) is 5.